The maximum atomic E-state index is 6.26. The highest BCUT2D eigenvalue weighted by atomic mass is 16.3. The summed E-state index contributed by atoms with van der Waals surface area (Å²) in [7, 11) is 0. The smallest absolute Gasteiger partial charge is 0.136 e. The van der Waals surface area contributed by atoms with Crippen LogP contribution in [0.1, 0.15) is 63.3 Å². The second-order valence-electron chi connectivity index (χ2n) is 15.5. The summed E-state index contributed by atoms with van der Waals surface area (Å²) >= 11 is 0. The van der Waals surface area contributed by atoms with Gasteiger partial charge in [-0.05, 0) is 129 Å². The third-order valence-corrected chi connectivity index (χ3v) is 11.7. The van der Waals surface area contributed by atoms with Crippen molar-refractivity contribution < 1.29 is 4.42 Å². The lowest BCUT2D eigenvalue weighted by Crippen LogP contribution is -2.15. The molecule has 0 bridgehead atoms. The van der Waals surface area contributed by atoms with Gasteiger partial charge < -0.3 is 4.42 Å². The van der Waals surface area contributed by atoms with Crippen molar-refractivity contribution >= 4 is 65.4 Å². The lowest BCUT2D eigenvalue weighted by Gasteiger charge is -2.24. The number of rotatable bonds is 5. The molecule has 0 saturated carbocycles. The largest absolute Gasteiger partial charge is 0.456 e. The van der Waals surface area contributed by atoms with Crippen molar-refractivity contribution in [1.29, 1.82) is 0 Å². The number of hydrogen-bond acceptors (Lipinski definition) is 1. The molecule has 0 fully saturated rings. The summed E-state index contributed by atoms with van der Waals surface area (Å²) < 4.78 is 6.26. The van der Waals surface area contributed by atoms with Gasteiger partial charge in [-0.1, -0.05) is 153 Å². The number of para-hydroxylation sites is 1. The van der Waals surface area contributed by atoms with Crippen LogP contribution in [-0.2, 0) is 11.8 Å². The van der Waals surface area contributed by atoms with Crippen molar-refractivity contribution in [2.24, 2.45) is 0 Å². The first-order valence-electron chi connectivity index (χ1n) is 18.8. The first kappa shape index (κ1) is 33.0. The Morgan fingerprint density at radius 1 is 0.660 bits per heavy atom. The van der Waals surface area contributed by atoms with Gasteiger partial charge in [-0.3, -0.25) is 0 Å². The van der Waals surface area contributed by atoms with E-state index in [1.165, 1.54) is 93.2 Å². The first-order valence-corrected chi connectivity index (χ1v) is 18.8. The summed E-state index contributed by atoms with van der Waals surface area (Å²) in [5, 5.41) is 10.1. The van der Waals surface area contributed by atoms with E-state index < -0.39 is 0 Å². The van der Waals surface area contributed by atoms with Gasteiger partial charge in [0.15, 0.2) is 0 Å². The summed E-state index contributed by atoms with van der Waals surface area (Å²) in [6, 6.07) is 35.5. The zero-order valence-electron chi connectivity index (χ0n) is 31.3. The number of allylic oxidation sites excluding steroid dienone is 13. The monoisotopic (exact) mass is 684 g/mol. The Hall–Kier alpha value is -5.92. The maximum Gasteiger partial charge on any atom is 0.136 e. The molecule has 258 valence electrons. The van der Waals surface area contributed by atoms with Crippen LogP contribution in [0.4, 0.5) is 0 Å². The Morgan fingerprint density at radius 2 is 1.26 bits per heavy atom. The zero-order valence-corrected chi connectivity index (χ0v) is 31.3. The second-order valence-corrected chi connectivity index (χ2v) is 15.5. The molecule has 0 atom stereocenters. The summed E-state index contributed by atoms with van der Waals surface area (Å²) in [5.74, 6) is 0. The molecular formula is C52H44O. The molecule has 7 aromatic rings. The second kappa shape index (κ2) is 12.6. The van der Waals surface area contributed by atoms with Crippen LogP contribution in [0.5, 0.6) is 0 Å². The highest BCUT2D eigenvalue weighted by Gasteiger charge is 2.36. The molecule has 6 aromatic carbocycles. The van der Waals surface area contributed by atoms with Gasteiger partial charge in [-0.15, -0.1) is 0 Å². The van der Waals surface area contributed by atoms with Crippen molar-refractivity contribution in [3.05, 3.63) is 191 Å². The molecule has 0 saturated heterocycles. The lowest BCUT2D eigenvalue weighted by atomic mass is 9.80. The minimum absolute atomic E-state index is 0.113. The van der Waals surface area contributed by atoms with Crippen LogP contribution in [0, 0.1) is 0 Å². The van der Waals surface area contributed by atoms with Crippen LogP contribution in [0.15, 0.2) is 173 Å². The molecule has 9 rings (SSSR count). The highest BCUT2D eigenvalue weighted by Crippen LogP contribution is 2.48. The van der Waals surface area contributed by atoms with E-state index in [-0.39, 0.29) is 5.41 Å². The molecule has 1 heterocycles. The summed E-state index contributed by atoms with van der Waals surface area (Å²) in [6.07, 6.45) is 17.9. The summed E-state index contributed by atoms with van der Waals surface area (Å²) in [4.78, 5) is 0. The molecule has 1 aromatic heterocycles. The number of fused-ring (bicyclic) bond motifs is 8. The number of benzene rings is 6. The van der Waals surface area contributed by atoms with E-state index in [1.54, 1.807) is 0 Å². The van der Waals surface area contributed by atoms with Crippen LogP contribution in [0.25, 0.3) is 65.4 Å². The molecule has 1 heteroatoms. The van der Waals surface area contributed by atoms with Gasteiger partial charge >= 0.3 is 0 Å². The zero-order chi connectivity index (χ0) is 36.4. The van der Waals surface area contributed by atoms with Crippen LogP contribution < -0.4 is 0 Å². The van der Waals surface area contributed by atoms with Gasteiger partial charge in [-0.25, -0.2) is 0 Å². The van der Waals surface area contributed by atoms with Crippen LogP contribution in [0.3, 0.4) is 0 Å². The van der Waals surface area contributed by atoms with Crippen molar-refractivity contribution in [2.45, 2.75) is 52.9 Å². The standard InChI is InChI=1S/C52H44O/c1-32(2)36-15-13-14-35(28-36)24-22-33(3)49-41-17-7-9-19-43(41)50(44-20-10-8-18-42(44)49)34(4)23-27-39-29-38-26-25-37-30-48-46(31-45(37)51(38)52(39,5)6)40-16-11-12-21-47(40)53-48/h7-13,15-28,30-31H,1,14,29H2,2-6H3/b33-22+,34-23+,35-24+,39-27+. The molecule has 1 nitrogen and oxygen atoms in total. The highest BCUT2D eigenvalue weighted by molar-refractivity contribution is 6.16. The third kappa shape index (κ3) is 5.46. The van der Waals surface area contributed by atoms with E-state index in [0.29, 0.717) is 0 Å². The predicted molar refractivity (Wildman–Crippen MR) is 230 cm³/mol. The Morgan fingerprint density at radius 3 is 1.91 bits per heavy atom. The number of hydrogen-bond donors (Lipinski definition) is 0. The van der Waals surface area contributed by atoms with E-state index in [0.717, 1.165) is 29.6 Å². The van der Waals surface area contributed by atoms with E-state index in [4.69, 9.17) is 4.42 Å². The Labute approximate surface area is 312 Å². The maximum absolute atomic E-state index is 6.26. The van der Waals surface area contributed by atoms with Gasteiger partial charge in [0.25, 0.3) is 0 Å². The van der Waals surface area contributed by atoms with Crippen molar-refractivity contribution in [3.63, 3.8) is 0 Å². The molecular weight excluding hydrogens is 641 g/mol. The quantitative estimate of drug-likeness (QED) is 0.165. The average Bonchev–Trinajstić information content (AvgIpc) is 3.66. The van der Waals surface area contributed by atoms with Gasteiger partial charge in [0.05, 0.1) is 0 Å². The molecule has 53 heavy (non-hydrogen) atoms. The van der Waals surface area contributed by atoms with E-state index in [2.05, 4.69) is 175 Å². The van der Waals surface area contributed by atoms with Crippen molar-refractivity contribution in [3.8, 4) is 0 Å². The van der Waals surface area contributed by atoms with Crippen molar-refractivity contribution in [1.82, 2.24) is 0 Å². The van der Waals surface area contributed by atoms with Gasteiger partial charge in [0, 0.05) is 16.2 Å². The fourth-order valence-electron chi connectivity index (χ4n) is 8.94. The molecule has 0 spiro atoms. The first-order chi connectivity index (χ1) is 25.7. The topological polar surface area (TPSA) is 13.1 Å². The molecule has 0 aliphatic heterocycles. The van der Waals surface area contributed by atoms with Gasteiger partial charge in [0.1, 0.15) is 11.2 Å². The Kier molecular flexibility index (Phi) is 7.86. The van der Waals surface area contributed by atoms with E-state index in [9.17, 15) is 0 Å². The van der Waals surface area contributed by atoms with E-state index in [1.807, 2.05) is 6.07 Å². The normalized spacial score (nSPS) is 17.6. The minimum Gasteiger partial charge on any atom is -0.456 e. The van der Waals surface area contributed by atoms with Gasteiger partial charge in [0.2, 0.25) is 0 Å². The molecule has 0 amide bonds. The van der Waals surface area contributed by atoms with Gasteiger partial charge in [-0.2, -0.15) is 0 Å². The van der Waals surface area contributed by atoms with Crippen molar-refractivity contribution in [2.75, 3.05) is 0 Å². The minimum atomic E-state index is -0.113. The SMILES string of the molecule is C=C(C)C1=C/C(=C/C=C(\C)c2c3ccccc3c(/C(C)=C/C=C3\Cc4ccc5cc6oc7ccccc7c6cc5c4C3(C)C)c3ccccc23)CC=C1. The molecule has 2 aliphatic rings. The summed E-state index contributed by atoms with van der Waals surface area (Å²) in [6.45, 7) is 15.6. The third-order valence-electron chi connectivity index (χ3n) is 11.7. The lowest BCUT2D eigenvalue weighted by molar-refractivity contribution is 0.649. The predicted octanol–water partition coefficient (Wildman–Crippen LogP) is 14.7. The fourth-order valence-corrected chi connectivity index (χ4v) is 8.94. The van der Waals surface area contributed by atoms with Crippen LogP contribution in [-0.4, -0.2) is 0 Å². The Bertz CT molecular complexity index is 2830. The van der Waals surface area contributed by atoms with E-state index >= 15 is 0 Å². The number of furan rings is 1. The fraction of sp³-hybridized carbons (Fsp3) is 0.154. The average molecular weight is 685 g/mol. The van der Waals surface area contributed by atoms with Crippen LogP contribution >= 0.6 is 0 Å². The summed E-state index contributed by atoms with van der Waals surface area (Å²) in [5.41, 5.74) is 14.8. The molecule has 0 unspecified atom stereocenters. The molecule has 2 aliphatic carbocycles. The Balaban J connectivity index is 1.14. The molecule has 0 N–H and O–H groups in total. The van der Waals surface area contributed by atoms with Crippen LogP contribution in [0.2, 0.25) is 0 Å². The molecule has 0 radical (unpaired) electrons.